The highest BCUT2D eigenvalue weighted by atomic mass is 16.3. The van der Waals surface area contributed by atoms with Gasteiger partial charge in [0.15, 0.2) is 5.78 Å². The molecule has 0 aliphatic carbocycles. The molecule has 0 spiro atoms. The zero-order chi connectivity index (χ0) is 21.4. The van der Waals surface area contributed by atoms with Gasteiger partial charge in [-0.25, -0.2) is 0 Å². The number of hydrogen-bond acceptors (Lipinski definition) is 4. The van der Waals surface area contributed by atoms with Crippen LogP contribution in [0.15, 0.2) is 36.4 Å². The van der Waals surface area contributed by atoms with Gasteiger partial charge in [-0.3, -0.25) is 14.5 Å². The Morgan fingerprint density at radius 2 is 1.68 bits per heavy atom. The molecule has 3 aliphatic heterocycles. The number of Topliss-reactive ketones (excluding diaryl/α,β-unsaturated/α-hetero) is 1. The molecule has 1 N–H and O–H groups in total. The fourth-order valence-corrected chi connectivity index (χ4v) is 5.39. The normalized spacial score (nSPS) is 19.0. The van der Waals surface area contributed by atoms with Gasteiger partial charge in [-0.15, -0.1) is 0 Å². The average Bonchev–Trinajstić information content (AvgIpc) is 3.22. The van der Waals surface area contributed by atoms with E-state index in [4.69, 9.17) is 0 Å². The number of carbonyl (C=O) groups excluding carboxylic acids is 2. The number of aryl methyl sites for hydroxylation is 1. The minimum atomic E-state index is 0.224. The van der Waals surface area contributed by atoms with E-state index in [0.717, 1.165) is 69.5 Å². The molecular weight excluding hydrogens is 388 g/mol. The topological polar surface area (TPSA) is 60.9 Å². The Hall–Kier alpha value is -2.66. The standard InChI is InChI=1S/C26H30N2O3/c29-23-5-1-19(2-6-23)17-27-12-9-18(10-13-27)3-7-24(30)22-15-20-4-8-25(31)28-14-11-21(16-22)26(20)28/h1-2,5-6,15-16,18,29H,3-4,7-14,17H2. The third-order valence-corrected chi connectivity index (χ3v) is 7.20. The van der Waals surface area contributed by atoms with Gasteiger partial charge >= 0.3 is 0 Å². The lowest BCUT2D eigenvalue weighted by Crippen LogP contribution is -2.33. The van der Waals surface area contributed by atoms with Crippen molar-refractivity contribution in [2.75, 3.05) is 24.5 Å². The monoisotopic (exact) mass is 418 g/mol. The summed E-state index contributed by atoms with van der Waals surface area (Å²) in [5.41, 5.74) is 5.52. The van der Waals surface area contributed by atoms with Crippen LogP contribution in [-0.2, 0) is 24.2 Å². The number of nitrogens with zero attached hydrogens (tertiary/aromatic N) is 2. The van der Waals surface area contributed by atoms with E-state index < -0.39 is 0 Å². The van der Waals surface area contributed by atoms with E-state index in [1.807, 2.05) is 29.2 Å². The van der Waals surface area contributed by atoms with Gasteiger partial charge in [0.25, 0.3) is 0 Å². The number of hydrogen-bond donors (Lipinski definition) is 1. The molecule has 162 valence electrons. The first kappa shape index (κ1) is 20.3. The lowest BCUT2D eigenvalue weighted by atomic mass is 9.89. The Morgan fingerprint density at radius 1 is 0.968 bits per heavy atom. The van der Waals surface area contributed by atoms with Gasteiger partial charge in [0.1, 0.15) is 5.75 Å². The van der Waals surface area contributed by atoms with Crippen molar-refractivity contribution in [3.63, 3.8) is 0 Å². The van der Waals surface area contributed by atoms with Crippen molar-refractivity contribution in [2.45, 2.75) is 51.5 Å². The number of benzene rings is 2. The highest BCUT2D eigenvalue weighted by Gasteiger charge is 2.32. The van der Waals surface area contributed by atoms with Crippen LogP contribution in [-0.4, -0.2) is 41.3 Å². The number of ketones is 1. The molecular formula is C26H30N2O3. The minimum Gasteiger partial charge on any atom is -0.508 e. The summed E-state index contributed by atoms with van der Waals surface area (Å²) >= 11 is 0. The summed E-state index contributed by atoms with van der Waals surface area (Å²) in [6, 6.07) is 11.6. The van der Waals surface area contributed by atoms with E-state index in [0.29, 0.717) is 24.5 Å². The molecule has 0 unspecified atom stereocenters. The minimum absolute atomic E-state index is 0.224. The number of likely N-dealkylation sites (tertiary alicyclic amines) is 1. The number of phenols is 1. The molecule has 0 bridgehead atoms. The van der Waals surface area contributed by atoms with E-state index in [1.54, 1.807) is 12.1 Å². The summed E-state index contributed by atoms with van der Waals surface area (Å²) in [5, 5.41) is 9.43. The zero-order valence-corrected chi connectivity index (χ0v) is 18.0. The molecule has 0 aromatic heterocycles. The predicted molar refractivity (Wildman–Crippen MR) is 120 cm³/mol. The Balaban J connectivity index is 1.13. The van der Waals surface area contributed by atoms with Crippen LogP contribution in [0.25, 0.3) is 0 Å². The third kappa shape index (κ3) is 4.24. The maximum atomic E-state index is 12.9. The molecule has 0 saturated carbocycles. The molecule has 1 amide bonds. The molecule has 1 fully saturated rings. The first-order chi connectivity index (χ1) is 15.1. The zero-order valence-electron chi connectivity index (χ0n) is 18.0. The Bertz CT molecular complexity index is 990. The van der Waals surface area contributed by atoms with Crippen molar-refractivity contribution in [2.24, 2.45) is 5.92 Å². The second kappa shape index (κ2) is 8.46. The number of amides is 1. The molecule has 5 nitrogen and oxygen atoms in total. The van der Waals surface area contributed by atoms with Crippen molar-refractivity contribution in [3.8, 4) is 5.75 Å². The van der Waals surface area contributed by atoms with Crippen LogP contribution >= 0.6 is 0 Å². The summed E-state index contributed by atoms with van der Waals surface area (Å²) in [6.07, 6.45) is 6.04. The van der Waals surface area contributed by atoms with Gasteiger partial charge < -0.3 is 10.0 Å². The molecule has 0 radical (unpaired) electrons. The second-order valence-electron chi connectivity index (χ2n) is 9.29. The van der Waals surface area contributed by atoms with Crippen LogP contribution in [0, 0.1) is 5.92 Å². The van der Waals surface area contributed by atoms with E-state index in [1.165, 1.54) is 16.7 Å². The van der Waals surface area contributed by atoms with Crippen molar-refractivity contribution in [1.82, 2.24) is 4.90 Å². The van der Waals surface area contributed by atoms with Crippen LogP contribution in [0.5, 0.6) is 5.75 Å². The van der Waals surface area contributed by atoms with Gasteiger partial charge in [0, 0.05) is 31.5 Å². The summed E-state index contributed by atoms with van der Waals surface area (Å²) < 4.78 is 0. The van der Waals surface area contributed by atoms with E-state index in [-0.39, 0.29) is 11.7 Å². The largest absolute Gasteiger partial charge is 0.508 e. The maximum absolute atomic E-state index is 12.9. The summed E-state index contributed by atoms with van der Waals surface area (Å²) in [6.45, 7) is 3.81. The molecule has 31 heavy (non-hydrogen) atoms. The predicted octanol–water partition coefficient (Wildman–Crippen LogP) is 4.10. The van der Waals surface area contributed by atoms with Gasteiger partial charge in [-0.2, -0.15) is 0 Å². The van der Waals surface area contributed by atoms with Gasteiger partial charge in [-0.05, 0) is 92.1 Å². The Labute approximate surface area is 183 Å². The number of carbonyl (C=O) groups is 2. The van der Waals surface area contributed by atoms with Crippen molar-refractivity contribution in [1.29, 1.82) is 0 Å². The van der Waals surface area contributed by atoms with E-state index in [9.17, 15) is 14.7 Å². The molecule has 2 aromatic carbocycles. The molecule has 5 rings (SSSR count). The third-order valence-electron chi connectivity index (χ3n) is 7.20. The molecule has 3 aliphatic rings. The molecule has 0 atom stereocenters. The summed E-state index contributed by atoms with van der Waals surface area (Å²) in [5.74, 6) is 1.40. The fourth-order valence-electron chi connectivity index (χ4n) is 5.39. The lowest BCUT2D eigenvalue weighted by Gasteiger charge is -2.32. The van der Waals surface area contributed by atoms with Crippen LogP contribution in [0.3, 0.4) is 0 Å². The van der Waals surface area contributed by atoms with Crippen LogP contribution in [0.4, 0.5) is 5.69 Å². The highest BCUT2D eigenvalue weighted by Crippen LogP contribution is 2.38. The highest BCUT2D eigenvalue weighted by molar-refractivity contribution is 6.02. The number of piperidine rings is 1. The Kier molecular flexibility index (Phi) is 5.53. The van der Waals surface area contributed by atoms with Crippen LogP contribution in [0.1, 0.15) is 59.2 Å². The lowest BCUT2D eigenvalue weighted by molar-refractivity contribution is -0.118. The van der Waals surface area contributed by atoms with Gasteiger partial charge in [-0.1, -0.05) is 12.1 Å². The molecule has 1 saturated heterocycles. The number of anilines is 1. The van der Waals surface area contributed by atoms with Gasteiger partial charge in [0.2, 0.25) is 5.91 Å². The summed E-state index contributed by atoms with van der Waals surface area (Å²) in [4.78, 5) is 29.4. The van der Waals surface area contributed by atoms with Crippen molar-refractivity contribution >= 4 is 17.4 Å². The van der Waals surface area contributed by atoms with Crippen molar-refractivity contribution < 1.29 is 14.7 Å². The molecule has 2 aromatic rings. The number of phenolic OH excluding ortho intramolecular Hbond substituents is 1. The first-order valence-corrected chi connectivity index (χ1v) is 11.6. The smallest absolute Gasteiger partial charge is 0.227 e. The summed E-state index contributed by atoms with van der Waals surface area (Å²) in [7, 11) is 0. The number of aromatic hydroxyl groups is 1. The molecule has 5 heteroatoms. The average molecular weight is 419 g/mol. The fraction of sp³-hybridized carbons (Fsp3) is 0.462. The second-order valence-corrected chi connectivity index (χ2v) is 9.29. The Morgan fingerprint density at radius 3 is 2.42 bits per heavy atom. The number of rotatable bonds is 6. The quantitative estimate of drug-likeness (QED) is 0.718. The SMILES string of the molecule is O=C(CCC1CCN(Cc2ccc(O)cc2)CC1)c1cc2c3c(c1)CCN3C(=O)CC2. The van der Waals surface area contributed by atoms with E-state index in [2.05, 4.69) is 4.90 Å². The first-order valence-electron chi connectivity index (χ1n) is 11.6. The van der Waals surface area contributed by atoms with Crippen LogP contribution < -0.4 is 4.90 Å². The molecule has 3 heterocycles. The van der Waals surface area contributed by atoms with Gasteiger partial charge in [0.05, 0.1) is 5.69 Å². The maximum Gasteiger partial charge on any atom is 0.227 e. The van der Waals surface area contributed by atoms with E-state index >= 15 is 0 Å². The van der Waals surface area contributed by atoms with Crippen molar-refractivity contribution in [3.05, 3.63) is 58.7 Å². The van der Waals surface area contributed by atoms with Crippen LogP contribution in [0.2, 0.25) is 0 Å².